The van der Waals surface area contributed by atoms with Crippen LogP contribution in [0.4, 0.5) is 0 Å². The first kappa shape index (κ1) is 12.2. The highest BCUT2D eigenvalue weighted by Gasteiger charge is 2.47. The van der Waals surface area contributed by atoms with Gasteiger partial charge in [0.2, 0.25) is 11.8 Å². The molecule has 88 valence electrons. The lowest BCUT2D eigenvalue weighted by Crippen LogP contribution is -2.46. The maximum Gasteiger partial charge on any atom is 0.323 e. The van der Waals surface area contributed by atoms with Gasteiger partial charge in [-0.05, 0) is 6.42 Å². The first-order chi connectivity index (χ1) is 7.40. The average molecular weight is 228 g/mol. The summed E-state index contributed by atoms with van der Waals surface area (Å²) in [4.78, 5) is 45.5. The molecular weight excluding hydrogens is 216 g/mol. The SMILES string of the molecule is CC[C@@H](C(N)=O)N1CC(=O)C(C(=O)O)C1=O. The molecule has 2 amide bonds. The number of likely N-dealkylation sites (tertiary alicyclic amines) is 1. The Hall–Kier alpha value is -1.92. The monoisotopic (exact) mass is 228 g/mol. The number of rotatable bonds is 4. The van der Waals surface area contributed by atoms with Gasteiger partial charge in [0.05, 0.1) is 6.54 Å². The molecule has 0 radical (unpaired) electrons. The van der Waals surface area contributed by atoms with Gasteiger partial charge in [0.15, 0.2) is 11.7 Å². The van der Waals surface area contributed by atoms with E-state index in [0.717, 1.165) is 4.90 Å². The van der Waals surface area contributed by atoms with Crippen LogP contribution in [0.2, 0.25) is 0 Å². The predicted octanol–water partition coefficient (Wildman–Crippen LogP) is -1.64. The Bertz CT molecular complexity index is 365. The molecule has 1 aliphatic heterocycles. The fraction of sp³-hybridized carbons (Fsp3) is 0.556. The number of Topliss-reactive ketones (excluding diaryl/α,β-unsaturated/α-hetero) is 1. The minimum Gasteiger partial charge on any atom is -0.480 e. The van der Waals surface area contributed by atoms with Crippen molar-refractivity contribution >= 4 is 23.6 Å². The number of ketones is 1. The molecule has 1 unspecified atom stereocenters. The molecule has 1 rings (SSSR count). The van der Waals surface area contributed by atoms with Crippen LogP contribution in [0.15, 0.2) is 0 Å². The molecule has 1 saturated heterocycles. The number of hydrogen-bond donors (Lipinski definition) is 2. The molecule has 0 aromatic carbocycles. The third kappa shape index (κ3) is 1.88. The van der Waals surface area contributed by atoms with Gasteiger partial charge in [0.1, 0.15) is 6.04 Å². The molecular formula is C9H12N2O5. The van der Waals surface area contributed by atoms with Crippen molar-refractivity contribution in [2.75, 3.05) is 6.54 Å². The maximum absolute atomic E-state index is 11.6. The van der Waals surface area contributed by atoms with Crippen molar-refractivity contribution in [1.29, 1.82) is 0 Å². The van der Waals surface area contributed by atoms with Gasteiger partial charge < -0.3 is 15.7 Å². The average Bonchev–Trinajstić information content (AvgIpc) is 2.42. The molecule has 1 fully saturated rings. The molecule has 1 heterocycles. The van der Waals surface area contributed by atoms with E-state index in [-0.39, 0.29) is 13.0 Å². The Morgan fingerprint density at radius 3 is 2.44 bits per heavy atom. The van der Waals surface area contributed by atoms with Crippen LogP contribution in [0.1, 0.15) is 13.3 Å². The number of carbonyl (C=O) groups is 4. The van der Waals surface area contributed by atoms with Crippen molar-refractivity contribution < 1.29 is 24.3 Å². The number of amides is 2. The first-order valence-corrected chi connectivity index (χ1v) is 4.75. The summed E-state index contributed by atoms with van der Waals surface area (Å²) in [6, 6.07) is -0.916. The maximum atomic E-state index is 11.6. The second kappa shape index (κ2) is 4.30. The summed E-state index contributed by atoms with van der Waals surface area (Å²) >= 11 is 0. The van der Waals surface area contributed by atoms with E-state index < -0.39 is 35.5 Å². The summed E-state index contributed by atoms with van der Waals surface area (Å²) in [5.74, 6) is -5.49. The van der Waals surface area contributed by atoms with Crippen molar-refractivity contribution in [2.45, 2.75) is 19.4 Å². The molecule has 7 heteroatoms. The van der Waals surface area contributed by atoms with Gasteiger partial charge in [0, 0.05) is 0 Å². The van der Waals surface area contributed by atoms with Crippen molar-refractivity contribution in [1.82, 2.24) is 4.90 Å². The van der Waals surface area contributed by atoms with Gasteiger partial charge in [-0.1, -0.05) is 6.92 Å². The lowest BCUT2D eigenvalue weighted by molar-refractivity contribution is -0.150. The minimum absolute atomic E-state index is 0.251. The number of carboxylic acids is 1. The lowest BCUT2D eigenvalue weighted by atomic mass is 10.1. The number of primary amides is 1. The Morgan fingerprint density at radius 1 is 1.56 bits per heavy atom. The van der Waals surface area contributed by atoms with Gasteiger partial charge in [0.25, 0.3) is 0 Å². The van der Waals surface area contributed by atoms with E-state index in [1.54, 1.807) is 6.92 Å². The molecule has 3 N–H and O–H groups in total. The van der Waals surface area contributed by atoms with Gasteiger partial charge in [-0.25, -0.2) is 0 Å². The van der Waals surface area contributed by atoms with Crippen molar-refractivity contribution in [2.24, 2.45) is 11.7 Å². The zero-order valence-corrected chi connectivity index (χ0v) is 8.67. The molecule has 0 aromatic rings. The van der Waals surface area contributed by atoms with Gasteiger partial charge >= 0.3 is 5.97 Å². The third-order valence-corrected chi connectivity index (χ3v) is 2.52. The highest BCUT2D eigenvalue weighted by atomic mass is 16.4. The molecule has 0 bridgehead atoms. The third-order valence-electron chi connectivity index (χ3n) is 2.52. The van der Waals surface area contributed by atoms with E-state index >= 15 is 0 Å². The second-order valence-corrected chi connectivity index (χ2v) is 3.53. The number of carbonyl (C=O) groups excluding carboxylic acids is 3. The standard InChI is InChI=1S/C9H12N2O5/c1-2-4(7(10)13)11-3-5(12)6(8(11)14)9(15)16/h4,6H,2-3H2,1H3,(H2,10,13)(H,15,16)/t4-,6?/m0/s1. The summed E-state index contributed by atoms with van der Waals surface area (Å²) in [6.45, 7) is 1.26. The zero-order valence-electron chi connectivity index (χ0n) is 8.67. The Balaban J connectivity index is 2.95. The van der Waals surface area contributed by atoms with E-state index in [1.807, 2.05) is 0 Å². The van der Waals surface area contributed by atoms with E-state index in [2.05, 4.69) is 0 Å². The molecule has 2 atom stereocenters. The molecule has 1 aliphatic rings. The quantitative estimate of drug-likeness (QED) is 0.559. The van der Waals surface area contributed by atoms with Crippen LogP contribution in [-0.4, -0.2) is 46.2 Å². The van der Waals surface area contributed by atoms with Crippen LogP contribution in [0.5, 0.6) is 0 Å². The Morgan fingerprint density at radius 2 is 2.12 bits per heavy atom. The van der Waals surface area contributed by atoms with E-state index in [4.69, 9.17) is 10.8 Å². The van der Waals surface area contributed by atoms with Crippen molar-refractivity contribution in [3.63, 3.8) is 0 Å². The van der Waals surface area contributed by atoms with Crippen molar-refractivity contribution in [3.05, 3.63) is 0 Å². The Kier molecular flexibility index (Phi) is 3.26. The first-order valence-electron chi connectivity index (χ1n) is 4.75. The van der Waals surface area contributed by atoms with Crippen LogP contribution in [0.3, 0.4) is 0 Å². The molecule has 0 spiro atoms. The van der Waals surface area contributed by atoms with Gasteiger partial charge in [-0.3, -0.25) is 19.2 Å². The molecule has 0 aromatic heterocycles. The van der Waals surface area contributed by atoms with Gasteiger partial charge in [-0.15, -0.1) is 0 Å². The molecule has 0 aliphatic carbocycles. The fourth-order valence-corrected chi connectivity index (χ4v) is 1.72. The largest absolute Gasteiger partial charge is 0.480 e. The predicted molar refractivity (Wildman–Crippen MR) is 51.1 cm³/mol. The fourth-order valence-electron chi connectivity index (χ4n) is 1.72. The summed E-state index contributed by atoms with van der Waals surface area (Å²) in [5.41, 5.74) is 5.06. The minimum atomic E-state index is -1.69. The van der Waals surface area contributed by atoms with Crippen LogP contribution in [-0.2, 0) is 19.2 Å². The van der Waals surface area contributed by atoms with Crippen LogP contribution in [0.25, 0.3) is 0 Å². The Labute approximate surface area is 91.2 Å². The van der Waals surface area contributed by atoms with Crippen LogP contribution in [0, 0.1) is 5.92 Å². The normalized spacial score (nSPS) is 22.3. The zero-order chi connectivity index (χ0) is 12.5. The van der Waals surface area contributed by atoms with Crippen LogP contribution >= 0.6 is 0 Å². The highest BCUT2D eigenvalue weighted by molar-refractivity contribution is 6.21. The molecule has 0 saturated carbocycles. The number of carboxylic acid groups (broad SMARTS) is 1. The smallest absolute Gasteiger partial charge is 0.323 e. The lowest BCUT2D eigenvalue weighted by Gasteiger charge is -2.22. The number of nitrogens with zero attached hydrogens (tertiary/aromatic N) is 1. The van der Waals surface area contributed by atoms with Crippen LogP contribution < -0.4 is 5.73 Å². The van der Waals surface area contributed by atoms with E-state index in [9.17, 15) is 19.2 Å². The second-order valence-electron chi connectivity index (χ2n) is 3.53. The summed E-state index contributed by atoms with van der Waals surface area (Å²) in [6.07, 6.45) is 0.251. The van der Waals surface area contributed by atoms with E-state index in [0.29, 0.717) is 0 Å². The summed E-state index contributed by atoms with van der Waals surface area (Å²) in [5, 5.41) is 8.68. The van der Waals surface area contributed by atoms with Gasteiger partial charge in [-0.2, -0.15) is 0 Å². The van der Waals surface area contributed by atoms with Crippen molar-refractivity contribution in [3.8, 4) is 0 Å². The number of nitrogens with two attached hydrogens (primary N) is 1. The molecule has 7 nitrogen and oxygen atoms in total. The number of hydrogen-bond acceptors (Lipinski definition) is 4. The topological polar surface area (TPSA) is 118 Å². The van der Waals surface area contributed by atoms with E-state index in [1.165, 1.54) is 0 Å². The molecule has 16 heavy (non-hydrogen) atoms. The highest BCUT2D eigenvalue weighted by Crippen LogP contribution is 2.19. The summed E-state index contributed by atoms with van der Waals surface area (Å²) < 4.78 is 0. The number of aliphatic carboxylic acids is 1. The summed E-state index contributed by atoms with van der Waals surface area (Å²) in [7, 11) is 0.